The van der Waals surface area contributed by atoms with Crippen LogP contribution in [0.15, 0.2) is 18.3 Å². The highest BCUT2D eigenvalue weighted by molar-refractivity contribution is 7.15. The van der Waals surface area contributed by atoms with Gasteiger partial charge in [0, 0.05) is 49.0 Å². The van der Waals surface area contributed by atoms with Gasteiger partial charge in [0.05, 0.1) is 12.7 Å². The highest BCUT2D eigenvalue weighted by Gasteiger charge is 2.23. The number of hydrogen-bond donors (Lipinski definition) is 1. The van der Waals surface area contributed by atoms with E-state index < -0.39 is 0 Å². The van der Waals surface area contributed by atoms with Crippen molar-refractivity contribution in [2.75, 3.05) is 18.4 Å². The molecule has 134 valence electrons. The van der Waals surface area contributed by atoms with Gasteiger partial charge in [0.25, 0.3) is 0 Å². The lowest BCUT2D eigenvalue weighted by Gasteiger charge is -2.15. The van der Waals surface area contributed by atoms with E-state index in [1.54, 1.807) is 0 Å². The highest BCUT2D eigenvalue weighted by Crippen LogP contribution is 2.23. The van der Waals surface area contributed by atoms with Crippen LogP contribution in [0, 0.1) is 13.8 Å². The van der Waals surface area contributed by atoms with Crippen LogP contribution in [0.2, 0.25) is 0 Å². The van der Waals surface area contributed by atoms with E-state index in [4.69, 9.17) is 4.74 Å². The van der Waals surface area contributed by atoms with Crippen LogP contribution in [0.3, 0.4) is 0 Å². The first-order valence-electron chi connectivity index (χ1n) is 8.48. The van der Waals surface area contributed by atoms with E-state index in [0.717, 1.165) is 42.3 Å². The Morgan fingerprint density at radius 3 is 2.88 bits per heavy atom. The van der Waals surface area contributed by atoms with Crippen LogP contribution in [0.1, 0.15) is 35.2 Å². The lowest BCUT2D eigenvalue weighted by Crippen LogP contribution is -2.22. The summed E-state index contributed by atoms with van der Waals surface area (Å²) in [6, 6.07) is 4.17. The second kappa shape index (κ2) is 8.03. The average Bonchev–Trinajstić information content (AvgIpc) is 3.14. The molecule has 0 spiro atoms. The fourth-order valence-electron chi connectivity index (χ4n) is 3.10. The summed E-state index contributed by atoms with van der Waals surface area (Å²) in [5.74, 6) is -0.0860. The fourth-order valence-corrected chi connectivity index (χ4v) is 4.01. The Morgan fingerprint density at radius 2 is 2.16 bits per heavy atom. The number of thiazole rings is 1. The molecule has 1 fully saturated rings. The SMILES string of the molecule is CC(=O)Nc1ncc(CN2CCC(OCc3cc(C)nc(C)c3)C2)s1. The van der Waals surface area contributed by atoms with Crippen LogP contribution in [0.25, 0.3) is 0 Å². The molecule has 1 atom stereocenters. The van der Waals surface area contributed by atoms with Gasteiger partial charge >= 0.3 is 0 Å². The van der Waals surface area contributed by atoms with E-state index in [9.17, 15) is 4.79 Å². The molecule has 0 saturated carbocycles. The van der Waals surface area contributed by atoms with Gasteiger partial charge in [-0.1, -0.05) is 0 Å². The minimum atomic E-state index is -0.0860. The molecule has 3 heterocycles. The highest BCUT2D eigenvalue weighted by atomic mass is 32.1. The molecule has 1 aliphatic heterocycles. The smallest absolute Gasteiger partial charge is 0.223 e. The van der Waals surface area contributed by atoms with Crippen molar-refractivity contribution in [3.63, 3.8) is 0 Å². The molecule has 2 aromatic heterocycles. The molecule has 6 nitrogen and oxygen atoms in total. The van der Waals surface area contributed by atoms with Gasteiger partial charge in [-0.05, 0) is 38.0 Å². The molecular weight excluding hydrogens is 336 g/mol. The van der Waals surface area contributed by atoms with Crippen LogP contribution in [-0.2, 0) is 22.7 Å². The first-order valence-corrected chi connectivity index (χ1v) is 9.30. The summed E-state index contributed by atoms with van der Waals surface area (Å²) >= 11 is 1.53. The van der Waals surface area contributed by atoms with Crippen molar-refractivity contribution in [1.29, 1.82) is 0 Å². The van der Waals surface area contributed by atoms with E-state index in [2.05, 4.69) is 32.3 Å². The summed E-state index contributed by atoms with van der Waals surface area (Å²) in [7, 11) is 0. The molecule has 1 saturated heterocycles. The maximum Gasteiger partial charge on any atom is 0.223 e. The zero-order valence-corrected chi connectivity index (χ0v) is 15.7. The Hall–Kier alpha value is -1.83. The van der Waals surface area contributed by atoms with Gasteiger partial charge in [-0.15, -0.1) is 11.3 Å². The quantitative estimate of drug-likeness (QED) is 0.858. The number of anilines is 1. The maximum absolute atomic E-state index is 11.1. The van der Waals surface area contributed by atoms with Gasteiger partial charge < -0.3 is 10.1 Å². The molecule has 2 aromatic rings. The summed E-state index contributed by atoms with van der Waals surface area (Å²) < 4.78 is 6.09. The number of nitrogens with one attached hydrogen (secondary N) is 1. The molecule has 25 heavy (non-hydrogen) atoms. The summed E-state index contributed by atoms with van der Waals surface area (Å²) in [6.07, 6.45) is 3.14. The fraction of sp³-hybridized carbons (Fsp3) is 0.500. The number of aromatic nitrogens is 2. The van der Waals surface area contributed by atoms with Crippen LogP contribution in [0.5, 0.6) is 0 Å². The topological polar surface area (TPSA) is 67.4 Å². The molecule has 1 N–H and O–H groups in total. The molecule has 7 heteroatoms. The van der Waals surface area contributed by atoms with Gasteiger partial charge in [0.1, 0.15) is 0 Å². The van der Waals surface area contributed by atoms with E-state index in [1.807, 2.05) is 20.0 Å². The summed E-state index contributed by atoms with van der Waals surface area (Å²) in [5, 5.41) is 3.39. The number of hydrogen-bond acceptors (Lipinski definition) is 6. The van der Waals surface area contributed by atoms with E-state index in [-0.39, 0.29) is 12.0 Å². The molecule has 0 bridgehead atoms. The largest absolute Gasteiger partial charge is 0.372 e. The Kier molecular flexibility index (Phi) is 5.78. The van der Waals surface area contributed by atoms with Gasteiger partial charge in [0.15, 0.2) is 5.13 Å². The number of aryl methyl sites for hydroxylation is 2. The minimum absolute atomic E-state index is 0.0860. The first kappa shape index (κ1) is 18.0. The molecule has 1 unspecified atom stereocenters. The zero-order valence-electron chi connectivity index (χ0n) is 14.9. The lowest BCUT2D eigenvalue weighted by atomic mass is 10.2. The van der Waals surface area contributed by atoms with Crippen LogP contribution < -0.4 is 5.32 Å². The third-order valence-electron chi connectivity index (χ3n) is 4.07. The average molecular weight is 360 g/mol. The van der Waals surface area contributed by atoms with Crippen LogP contribution in [-0.4, -0.2) is 40.0 Å². The molecular formula is C18H24N4O2S. The Bertz CT molecular complexity index is 726. The van der Waals surface area contributed by atoms with E-state index >= 15 is 0 Å². The van der Waals surface area contributed by atoms with Crippen molar-refractivity contribution in [3.05, 3.63) is 40.2 Å². The van der Waals surface area contributed by atoms with Crippen LogP contribution >= 0.6 is 11.3 Å². The number of rotatable bonds is 6. The van der Waals surface area contributed by atoms with Crippen molar-refractivity contribution < 1.29 is 9.53 Å². The van der Waals surface area contributed by atoms with E-state index in [1.165, 1.54) is 23.8 Å². The van der Waals surface area contributed by atoms with Gasteiger partial charge in [0.2, 0.25) is 5.91 Å². The van der Waals surface area contributed by atoms with E-state index in [0.29, 0.717) is 11.7 Å². The number of carbonyl (C=O) groups is 1. The maximum atomic E-state index is 11.1. The second-order valence-corrected chi connectivity index (χ2v) is 7.64. The second-order valence-electron chi connectivity index (χ2n) is 6.53. The normalized spacial score (nSPS) is 17.8. The third kappa shape index (κ3) is 5.32. The number of likely N-dealkylation sites (tertiary alicyclic amines) is 1. The van der Waals surface area contributed by atoms with Gasteiger partial charge in [-0.2, -0.15) is 0 Å². The van der Waals surface area contributed by atoms with Crippen molar-refractivity contribution in [3.8, 4) is 0 Å². The number of carbonyl (C=O) groups excluding carboxylic acids is 1. The van der Waals surface area contributed by atoms with Crippen molar-refractivity contribution in [1.82, 2.24) is 14.9 Å². The number of pyridine rings is 1. The predicted molar refractivity (Wildman–Crippen MR) is 98.6 cm³/mol. The number of ether oxygens (including phenoxy) is 1. The third-order valence-corrected chi connectivity index (χ3v) is 4.97. The molecule has 0 radical (unpaired) electrons. The number of nitrogens with zero attached hydrogens (tertiary/aromatic N) is 3. The van der Waals surface area contributed by atoms with Gasteiger partial charge in [-0.25, -0.2) is 4.98 Å². The van der Waals surface area contributed by atoms with Crippen molar-refractivity contribution in [2.45, 2.75) is 46.4 Å². The van der Waals surface area contributed by atoms with Crippen molar-refractivity contribution in [2.24, 2.45) is 0 Å². The van der Waals surface area contributed by atoms with Crippen molar-refractivity contribution >= 4 is 22.4 Å². The molecule has 0 aliphatic carbocycles. The minimum Gasteiger partial charge on any atom is -0.372 e. The Balaban J connectivity index is 1.47. The number of amides is 1. The monoisotopic (exact) mass is 360 g/mol. The lowest BCUT2D eigenvalue weighted by molar-refractivity contribution is -0.114. The summed E-state index contributed by atoms with van der Waals surface area (Å²) in [5.41, 5.74) is 3.25. The summed E-state index contributed by atoms with van der Waals surface area (Å²) in [4.78, 5) is 23.2. The zero-order chi connectivity index (χ0) is 17.8. The summed E-state index contributed by atoms with van der Waals surface area (Å²) in [6.45, 7) is 8.95. The standard InChI is InChI=1S/C18H24N4O2S/c1-12-6-15(7-13(2)20-12)11-24-16-4-5-22(9-16)10-17-8-19-18(25-17)21-14(3)23/h6-8,16H,4-5,9-11H2,1-3H3,(H,19,21,23). The molecule has 1 aliphatic rings. The Labute approximate surface area is 152 Å². The first-order chi connectivity index (χ1) is 12.0. The van der Waals surface area contributed by atoms with Crippen LogP contribution in [0.4, 0.5) is 5.13 Å². The molecule has 3 rings (SSSR count). The molecule has 0 aromatic carbocycles. The predicted octanol–water partition coefficient (Wildman–Crippen LogP) is 2.90. The molecule has 1 amide bonds. The Morgan fingerprint density at radius 1 is 1.40 bits per heavy atom. The van der Waals surface area contributed by atoms with Gasteiger partial charge in [-0.3, -0.25) is 14.7 Å².